The van der Waals surface area contributed by atoms with Crippen LogP contribution < -0.4 is 5.73 Å². The SMILES string of the molecule is COC(=O)c1ccc(-c2ccc(N=C(N)CCl)cc2)cc1F. The molecular formula is C16H14ClFN2O2. The van der Waals surface area contributed by atoms with Gasteiger partial charge in [0.1, 0.15) is 11.7 Å². The topological polar surface area (TPSA) is 64.7 Å². The normalized spacial score (nSPS) is 11.3. The highest BCUT2D eigenvalue weighted by Crippen LogP contribution is 2.24. The molecule has 0 fully saturated rings. The Hall–Kier alpha value is -2.40. The minimum atomic E-state index is -0.703. The first-order valence-corrected chi connectivity index (χ1v) is 6.96. The van der Waals surface area contributed by atoms with Crippen LogP contribution >= 0.6 is 11.6 Å². The molecule has 4 nitrogen and oxygen atoms in total. The number of nitrogens with zero attached hydrogens (tertiary/aromatic N) is 1. The summed E-state index contributed by atoms with van der Waals surface area (Å²) in [6.07, 6.45) is 0. The van der Waals surface area contributed by atoms with Gasteiger partial charge in [-0.15, -0.1) is 11.6 Å². The third kappa shape index (κ3) is 3.62. The molecule has 0 aliphatic rings. The fourth-order valence-corrected chi connectivity index (χ4v) is 1.95. The Labute approximate surface area is 132 Å². The Balaban J connectivity index is 2.29. The number of hydrogen-bond donors (Lipinski definition) is 1. The molecule has 6 heteroatoms. The van der Waals surface area contributed by atoms with Gasteiger partial charge in [-0.1, -0.05) is 18.2 Å². The number of esters is 1. The highest BCUT2D eigenvalue weighted by molar-refractivity contribution is 6.28. The molecule has 0 saturated carbocycles. The van der Waals surface area contributed by atoms with Crippen LogP contribution in [0, 0.1) is 5.82 Å². The number of methoxy groups -OCH3 is 1. The average molecular weight is 321 g/mol. The van der Waals surface area contributed by atoms with E-state index >= 15 is 0 Å². The van der Waals surface area contributed by atoms with Gasteiger partial charge in [0.15, 0.2) is 0 Å². The lowest BCUT2D eigenvalue weighted by atomic mass is 10.0. The van der Waals surface area contributed by atoms with E-state index in [9.17, 15) is 9.18 Å². The van der Waals surface area contributed by atoms with Gasteiger partial charge in [-0.25, -0.2) is 14.2 Å². The van der Waals surface area contributed by atoms with Crippen LogP contribution in [-0.4, -0.2) is 24.8 Å². The monoisotopic (exact) mass is 320 g/mol. The first-order valence-electron chi connectivity index (χ1n) is 6.42. The van der Waals surface area contributed by atoms with E-state index in [2.05, 4.69) is 9.73 Å². The summed E-state index contributed by atoms with van der Waals surface area (Å²) in [4.78, 5) is 15.5. The van der Waals surface area contributed by atoms with Crippen molar-refractivity contribution < 1.29 is 13.9 Å². The van der Waals surface area contributed by atoms with Crippen molar-refractivity contribution in [3.05, 3.63) is 53.8 Å². The van der Waals surface area contributed by atoms with Crippen LogP contribution in [0.2, 0.25) is 0 Å². The van der Waals surface area contributed by atoms with Crippen molar-refractivity contribution in [2.45, 2.75) is 0 Å². The molecule has 2 rings (SSSR count). The van der Waals surface area contributed by atoms with E-state index in [1.165, 1.54) is 19.2 Å². The number of halogens is 2. The number of aliphatic imine (C=N–C) groups is 1. The van der Waals surface area contributed by atoms with Gasteiger partial charge in [0.25, 0.3) is 0 Å². The van der Waals surface area contributed by atoms with Gasteiger partial charge in [0.2, 0.25) is 0 Å². The van der Waals surface area contributed by atoms with E-state index in [0.717, 1.165) is 5.56 Å². The summed E-state index contributed by atoms with van der Waals surface area (Å²) in [6, 6.07) is 11.4. The van der Waals surface area contributed by atoms with Gasteiger partial charge >= 0.3 is 5.97 Å². The molecular weight excluding hydrogens is 307 g/mol. The van der Waals surface area contributed by atoms with E-state index in [4.69, 9.17) is 17.3 Å². The van der Waals surface area contributed by atoms with Crippen molar-refractivity contribution in [3.8, 4) is 11.1 Å². The van der Waals surface area contributed by atoms with E-state index in [1.54, 1.807) is 30.3 Å². The van der Waals surface area contributed by atoms with Gasteiger partial charge in [0.05, 0.1) is 24.2 Å². The lowest BCUT2D eigenvalue weighted by Gasteiger charge is -2.06. The van der Waals surface area contributed by atoms with Crippen molar-refractivity contribution in [2.75, 3.05) is 13.0 Å². The van der Waals surface area contributed by atoms with Crippen LogP contribution in [0.3, 0.4) is 0 Å². The second-order valence-electron chi connectivity index (χ2n) is 4.47. The number of nitrogens with two attached hydrogens (primary N) is 1. The third-order valence-corrected chi connectivity index (χ3v) is 3.26. The highest BCUT2D eigenvalue weighted by Gasteiger charge is 2.12. The fourth-order valence-electron chi connectivity index (χ4n) is 1.89. The van der Waals surface area contributed by atoms with Gasteiger partial charge < -0.3 is 10.5 Å². The molecule has 2 aromatic rings. The van der Waals surface area contributed by atoms with Gasteiger partial charge in [0, 0.05) is 0 Å². The van der Waals surface area contributed by atoms with E-state index in [-0.39, 0.29) is 11.4 Å². The predicted octanol–water partition coefficient (Wildman–Crippen LogP) is 3.51. The maximum absolute atomic E-state index is 13.9. The molecule has 0 saturated heterocycles. The largest absolute Gasteiger partial charge is 0.465 e. The Bertz CT molecular complexity index is 715. The predicted molar refractivity (Wildman–Crippen MR) is 85.2 cm³/mol. The minimum absolute atomic E-state index is 0.0950. The molecule has 2 N–H and O–H groups in total. The van der Waals surface area contributed by atoms with E-state index < -0.39 is 11.8 Å². The van der Waals surface area contributed by atoms with Gasteiger partial charge in [-0.3, -0.25) is 0 Å². The first kappa shape index (κ1) is 16.0. The van der Waals surface area contributed by atoms with Crippen molar-refractivity contribution in [2.24, 2.45) is 10.7 Å². The minimum Gasteiger partial charge on any atom is -0.465 e. The molecule has 0 aliphatic heterocycles. The Morgan fingerprint density at radius 3 is 2.41 bits per heavy atom. The number of rotatable bonds is 4. The van der Waals surface area contributed by atoms with Crippen molar-refractivity contribution in [3.63, 3.8) is 0 Å². The zero-order valence-electron chi connectivity index (χ0n) is 11.8. The van der Waals surface area contributed by atoms with E-state index in [0.29, 0.717) is 17.1 Å². The van der Waals surface area contributed by atoms with E-state index in [1.807, 2.05) is 0 Å². The number of alkyl halides is 1. The number of carbonyl (C=O) groups excluding carboxylic acids is 1. The maximum atomic E-state index is 13.9. The lowest BCUT2D eigenvalue weighted by molar-refractivity contribution is 0.0595. The molecule has 0 atom stereocenters. The quantitative estimate of drug-likeness (QED) is 0.406. The molecule has 2 aromatic carbocycles. The molecule has 0 aliphatic carbocycles. The summed E-state index contributed by atoms with van der Waals surface area (Å²) >= 11 is 5.56. The number of carbonyl (C=O) groups is 1. The summed E-state index contributed by atoms with van der Waals surface area (Å²) in [5, 5.41) is 0. The van der Waals surface area contributed by atoms with Crippen LogP contribution in [0.15, 0.2) is 47.5 Å². The number of benzene rings is 2. The standard InChI is InChI=1S/C16H14ClFN2O2/c1-22-16(21)13-7-4-11(8-14(13)18)10-2-5-12(6-3-10)20-15(19)9-17/h2-8H,9H2,1H3,(H2,19,20). The molecule has 0 heterocycles. The zero-order chi connectivity index (χ0) is 16.1. The highest BCUT2D eigenvalue weighted by atomic mass is 35.5. The fraction of sp³-hybridized carbons (Fsp3) is 0.125. The van der Waals surface area contributed by atoms with Crippen LogP contribution in [-0.2, 0) is 4.74 Å². The summed E-state index contributed by atoms with van der Waals surface area (Å²) in [7, 11) is 1.21. The molecule has 0 bridgehead atoms. The third-order valence-electron chi connectivity index (χ3n) is 2.98. The molecule has 22 heavy (non-hydrogen) atoms. The molecule has 0 unspecified atom stereocenters. The van der Waals surface area contributed by atoms with Crippen molar-refractivity contribution >= 4 is 29.1 Å². The van der Waals surface area contributed by atoms with Crippen LogP contribution in [0.25, 0.3) is 11.1 Å². The lowest BCUT2D eigenvalue weighted by Crippen LogP contribution is -2.12. The van der Waals surface area contributed by atoms with Crippen molar-refractivity contribution in [1.82, 2.24) is 0 Å². The summed E-state index contributed by atoms with van der Waals surface area (Å²) in [5.41, 5.74) is 7.56. The van der Waals surface area contributed by atoms with Gasteiger partial charge in [-0.2, -0.15) is 0 Å². The maximum Gasteiger partial charge on any atom is 0.340 e. The number of amidine groups is 1. The van der Waals surface area contributed by atoms with Crippen LogP contribution in [0.4, 0.5) is 10.1 Å². The number of ether oxygens (including phenoxy) is 1. The van der Waals surface area contributed by atoms with Gasteiger partial charge in [-0.05, 0) is 35.4 Å². The average Bonchev–Trinajstić information content (AvgIpc) is 2.54. The Morgan fingerprint density at radius 2 is 1.86 bits per heavy atom. The van der Waals surface area contributed by atoms with Crippen LogP contribution in [0.1, 0.15) is 10.4 Å². The zero-order valence-corrected chi connectivity index (χ0v) is 12.6. The summed E-state index contributed by atoms with van der Waals surface area (Å²) < 4.78 is 18.4. The summed E-state index contributed by atoms with van der Waals surface area (Å²) in [6.45, 7) is 0. The Morgan fingerprint density at radius 1 is 1.23 bits per heavy atom. The molecule has 0 aromatic heterocycles. The molecule has 0 amide bonds. The molecule has 0 radical (unpaired) electrons. The molecule has 0 spiro atoms. The number of hydrogen-bond acceptors (Lipinski definition) is 3. The van der Waals surface area contributed by atoms with Crippen LogP contribution in [0.5, 0.6) is 0 Å². The second kappa shape index (κ2) is 7.04. The van der Waals surface area contributed by atoms with Crippen molar-refractivity contribution in [1.29, 1.82) is 0 Å². The summed E-state index contributed by atoms with van der Waals surface area (Å²) in [5.74, 6) is -0.854. The first-order chi connectivity index (χ1) is 10.5. The Kier molecular flexibility index (Phi) is 5.12. The smallest absolute Gasteiger partial charge is 0.340 e. The second-order valence-corrected chi connectivity index (χ2v) is 4.74. The molecule has 114 valence electrons.